The quantitative estimate of drug-likeness (QED) is 0.756. The first-order valence-electron chi connectivity index (χ1n) is 9.74. The minimum atomic E-state index is -1.21. The normalized spacial score (nSPS) is 15.9. The second-order valence-electron chi connectivity index (χ2n) is 7.26. The van der Waals surface area contributed by atoms with Crippen LogP contribution in [0.2, 0.25) is 0 Å². The van der Waals surface area contributed by atoms with Crippen LogP contribution in [0, 0.1) is 0 Å². The zero-order valence-corrected chi connectivity index (χ0v) is 16.2. The molecule has 1 fully saturated rings. The number of aliphatic carboxylic acids is 1. The number of alkyl carbamates (subject to hydrolysis) is 1. The average molecular weight is 410 g/mol. The minimum Gasteiger partial charge on any atom is -0.481 e. The number of carbonyl (C=O) groups excluding carboxylic acids is 2. The topological polar surface area (TPSA) is 105 Å². The summed E-state index contributed by atoms with van der Waals surface area (Å²) in [6.45, 7) is 0.916. The number of fused-ring (bicyclic) bond motifs is 3. The zero-order chi connectivity index (χ0) is 21.1. The highest BCUT2D eigenvalue weighted by Crippen LogP contribution is 2.44. The lowest BCUT2D eigenvalue weighted by molar-refractivity contribution is -0.142. The summed E-state index contributed by atoms with van der Waals surface area (Å²) in [4.78, 5) is 37.5. The monoisotopic (exact) mass is 410 g/mol. The third-order valence-corrected chi connectivity index (χ3v) is 5.38. The number of benzene rings is 2. The Hall–Kier alpha value is -3.39. The molecule has 8 nitrogen and oxygen atoms in total. The number of carboxylic acids is 1. The van der Waals surface area contributed by atoms with Gasteiger partial charge in [0.15, 0.2) is 0 Å². The lowest BCUT2D eigenvalue weighted by atomic mass is 9.98. The van der Waals surface area contributed by atoms with E-state index in [1.54, 1.807) is 0 Å². The predicted octanol–water partition coefficient (Wildman–Crippen LogP) is 2.18. The summed E-state index contributed by atoms with van der Waals surface area (Å²) in [6.07, 6.45) is -1.35. The van der Waals surface area contributed by atoms with Gasteiger partial charge in [-0.05, 0) is 22.3 Å². The lowest BCUT2D eigenvalue weighted by Gasteiger charge is -2.22. The molecule has 1 atom stereocenters. The van der Waals surface area contributed by atoms with Gasteiger partial charge in [0, 0.05) is 12.5 Å². The van der Waals surface area contributed by atoms with Crippen LogP contribution in [-0.4, -0.2) is 60.5 Å². The minimum absolute atomic E-state index is 0.0840. The second-order valence-corrected chi connectivity index (χ2v) is 7.26. The molecule has 2 aromatic carbocycles. The molecule has 156 valence electrons. The molecular formula is C22H22N2O6. The van der Waals surface area contributed by atoms with E-state index in [1.165, 1.54) is 4.90 Å². The molecule has 4 rings (SSSR count). The Balaban J connectivity index is 1.43. The van der Waals surface area contributed by atoms with Crippen molar-refractivity contribution in [2.75, 3.05) is 26.5 Å². The highest BCUT2D eigenvalue weighted by atomic mass is 16.5. The summed E-state index contributed by atoms with van der Waals surface area (Å²) in [5.41, 5.74) is 4.35. The predicted molar refractivity (Wildman–Crippen MR) is 107 cm³/mol. The van der Waals surface area contributed by atoms with Gasteiger partial charge in [0.05, 0.1) is 13.0 Å². The van der Waals surface area contributed by atoms with Crippen molar-refractivity contribution in [3.8, 4) is 11.1 Å². The van der Waals surface area contributed by atoms with Gasteiger partial charge in [-0.15, -0.1) is 0 Å². The molecule has 1 aliphatic carbocycles. The van der Waals surface area contributed by atoms with Gasteiger partial charge < -0.3 is 24.8 Å². The maximum Gasteiger partial charge on any atom is 0.407 e. The Morgan fingerprint density at radius 1 is 1.10 bits per heavy atom. The van der Waals surface area contributed by atoms with Crippen molar-refractivity contribution in [3.63, 3.8) is 0 Å². The van der Waals surface area contributed by atoms with Crippen LogP contribution in [0.15, 0.2) is 48.5 Å². The molecule has 1 saturated heterocycles. The lowest BCUT2D eigenvalue weighted by Crippen LogP contribution is -2.49. The molecule has 0 bridgehead atoms. The van der Waals surface area contributed by atoms with E-state index in [-0.39, 0.29) is 19.3 Å². The number of rotatable bonds is 6. The van der Waals surface area contributed by atoms with Crippen LogP contribution in [0.1, 0.15) is 23.5 Å². The van der Waals surface area contributed by atoms with Crippen molar-refractivity contribution in [3.05, 3.63) is 59.7 Å². The standard InChI is InChI=1S/C22H22N2O6/c25-20(26)11-19(21(27)24-9-10-29-13-24)23-22(28)30-12-18-16-7-3-1-5-14(16)15-6-2-4-8-17(15)18/h1-8,18-19H,9-13H2,(H,23,28)(H,25,26)/t19-/m0/s1. The van der Waals surface area contributed by atoms with Gasteiger partial charge in [-0.3, -0.25) is 9.59 Å². The van der Waals surface area contributed by atoms with Crippen LogP contribution in [0.25, 0.3) is 11.1 Å². The summed E-state index contributed by atoms with van der Waals surface area (Å²) < 4.78 is 10.6. The molecule has 1 aliphatic heterocycles. The molecule has 0 saturated carbocycles. The summed E-state index contributed by atoms with van der Waals surface area (Å²) in [5.74, 6) is -1.81. The summed E-state index contributed by atoms with van der Waals surface area (Å²) in [5, 5.41) is 11.5. The third-order valence-electron chi connectivity index (χ3n) is 5.38. The van der Waals surface area contributed by atoms with Gasteiger partial charge in [-0.2, -0.15) is 0 Å². The van der Waals surface area contributed by atoms with Crippen molar-refractivity contribution >= 4 is 18.0 Å². The fraction of sp³-hybridized carbons (Fsp3) is 0.318. The Morgan fingerprint density at radius 3 is 2.30 bits per heavy atom. The number of nitrogens with zero attached hydrogens (tertiary/aromatic N) is 1. The van der Waals surface area contributed by atoms with Crippen LogP contribution in [0.5, 0.6) is 0 Å². The number of carbonyl (C=O) groups is 3. The number of carboxylic acid groups (broad SMARTS) is 1. The van der Waals surface area contributed by atoms with Gasteiger partial charge in [-0.25, -0.2) is 4.79 Å². The van der Waals surface area contributed by atoms with E-state index < -0.39 is 30.4 Å². The van der Waals surface area contributed by atoms with Crippen molar-refractivity contribution in [1.82, 2.24) is 10.2 Å². The van der Waals surface area contributed by atoms with Crippen LogP contribution >= 0.6 is 0 Å². The van der Waals surface area contributed by atoms with Crippen molar-refractivity contribution in [2.24, 2.45) is 0 Å². The zero-order valence-electron chi connectivity index (χ0n) is 16.2. The van der Waals surface area contributed by atoms with Gasteiger partial charge in [0.25, 0.3) is 0 Å². The number of hydrogen-bond donors (Lipinski definition) is 2. The molecule has 0 unspecified atom stereocenters. The third kappa shape index (κ3) is 3.99. The first-order chi connectivity index (χ1) is 14.5. The van der Waals surface area contributed by atoms with Gasteiger partial charge >= 0.3 is 12.1 Å². The van der Waals surface area contributed by atoms with Crippen LogP contribution < -0.4 is 5.32 Å². The molecular weight excluding hydrogens is 388 g/mol. The van der Waals surface area contributed by atoms with Gasteiger partial charge in [0.1, 0.15) is 19.4 Å². The molecule has 2 aromatic rings. The molecule has 0 aromatic heterocycles. The molecule has 0 spiro atoms. The number of amides is 2. The van der Waals surface area contributed by atoms with E-state index in [9.17, 15) is 14.4 Å². The van der Waals surface area contributed by atoms with Crippen LogP contribution in [0.4, 0.5) is 4.79 Å². The maximum absolute atomic E-state index is 12.5. The SMILES string of the molecule is O=C(O)C[C@H](NC(=O)OCC1c2ccccc2-c2ccccc21)C(=O)N1CCOC1. The van der Waals surface area contributed by atoms with Gasteiger partial charge in [0.2, 0.25) is 5.91 Å². The smallest absolute Gasteiger partial charge is 0.407 e. The Morgan fingerprint density at radius 2 is 1.73 bits per heavy atom. The second kappa shape index (κ2) is 8.54. The number of nitrogens with one attached hydrogen (secondary N) is 1. The van der Waals surface area contributed by atoms with E-state index in [2.05, 4.69) is 5.32 Å². The van der Waals surface area contributed by atoms with E-state index in [1.807, 2.05) is 48.5 Å². The van der Waals surface area contributed by atoms with E-state index >= 15 is 0 Å². The maximum atomic E-state index is 12.5. The summed E-state index contributed by atoms with van der Waals surface area (Å²) >= 11 is 0. The average Bonchev–Trinajstić information content (AvgIpc) is 3.38. The Bertz CT molecular complexity index is 924. The van der Waals surface area contributed by atoms with E-state index in [0.29, 0.717) is 13.2 Å². The largest absolute Gasteiger partial charge is 0.481 e. The highest BCUT2D eigenvalue weighted by Gasteiger charge is 2.32. The fourth-order valence-corrected chi connectivity index (χ4v) is 3.97. The number of hydrogen-bond acceptors (Lipinski definition) is 5. The molecule has 0 radical (unpaired) electrons. The number of ether oxygens (including phenoxy) is 2. The molecule has 30 heavy (non-hydrogen) atoms. The summed E-state index contributed by atoms with van der Waals surface area (Å²) in [7, 11) is 0. The van der Waals surface area contributed by atoms with Gasteiger partial charge in [-0.1, -0.05) is 48.5 Å². The van der Waals surface area contributed by atoms with Crippen molar-refractivity contribution in [1.29, 1.82) is 0 Å². The first kappa shape index (κ1) is 19.9. The fourth-order valence-electron chi connectivity index (χ4n) is 3.97. The van der Waals surface area contributed by atoms with E-state index in [4.69, 9.17) is 14.6 Å². The van der Waals surface area contributed by atoms with Crippen LogP contribution in [-0.2, 0) is 19.1 Å². The molecule has 8 heteroatoms. The van der Waals surface area contributed by atoms with E-state index in [0.717, 1.165) is 22.3 Å². The summed E-state index contributed by atoms with van der Waals surface area (Å²) in [6, 6.07) is 14.7. The highest BCUT2D eigenvalue weighted by molar-refractivity contribution is 5.89. The first-order valence-corrected chi connectivity index (χ1v) is 9.74. The van der Waals surface area contributed by atoms with Crippen molar-refractivity contribution < 1.29 is 29.0 Å². The molecule has 2 aliphatic rings. The Kier molecular flexibility index (Phi) is 5.67. The molecule has 2 amide bonds. The molecule has 2 N–H and O–H groups in total. The van der Waals surface area contributed by atoms with Crippen molar-refractivity contribution in [2.45, 2.75) is 18.4 Å². The van der Waals surface area contributed by atoms with Crippen LogP contribution in [0.3, 0.4) is 0 Å². The Labute approximate surface area is 173 Å². The molecule has 1 heterocycles.